The second-order valence-electron chi connectivity index (χ2n) is 9.26. The van der Waals surface area contributed by atoms with Crippen molar-refractivity contribution in [2.75, 3.05) is 11.9 Å². The number of esters is 1. The molecule has 1 aliphatic carbocycles. The van der Waals surface area contributed by atoms with Crippen LogP contribution in [-0.4, -0.2) is 22.1 Å². The summed E-state index contributed by atoms with van der Waals surface area (Å²) < 4.78 is 12.8. The van der Waals surface area contributed by atoms with Gasteiger partial charge in [-0.1, -0.05) is 50.5 Å². The van der Waals surface area contributed by atoms with Crippen LogP contribution < -0.4 is 10.9 Å². The number of rotatable bonds is 9. The van der Waals surface area contributed by atoms with E-state index in [1.54, 1.807) is 6.20 Å². The highest BCUT2D eigenvalue weighted by Crippen LogP contribution is 2.33. The zero-order valence-corrected chi connectivity index (χ0v) is 20.1. The molecule has 1 N–H and O–H groups in total. The lowest BCUT2D eigenvalue weighted by molar-refractivity contribution is -0.144. The summed E-state index contributed by atoms with van der Waals surface area (Å²) in [6.45, 7) is 2.77. The zero-order chi connectivity index (χ0) is 24.2. The number of hydrogen-bond acceptors (Lipinski definition) is 6. The number of carbonyl (C=O) groups excluding carboxylic acids is 1. The van der Waals surface area contributed by atoms with Gasteiger partial charge in [-0.15, -0.1) is 0 Å². The molecule has 0 bridgehead atoms. The van der Waals surface area contributed by atoms with E-state index in [0.717, 1.165) is 66.0 Å². The Kier molecular flexibility index (Phi) is 6.84. The van der Waals surface area contributed by atoms with Crippen molar-refractivity contribution in [1.82, 2.24) is 9.55 Å². The van der Waals surface area contributed by atoms with E-state index in [1.165, 1.54) is 4.57 Å². The summed E-state index contributed by atoms with van der Waals surface area (Å²) in [6.07, 6.45) is 7.58. The summed E-state index contributed by atoms with van der Waals surface area (Å²) >= 11 is 0. The molecule has 35 heavy (non-hydrogen) atoms. The largest absolute Gasteiger partial charge is 0.464 e. The van der Waals surface area contributed by atoms with Crippen LogP contribution in [0.3, 0.4) is 0 Å². The van der Waals surface area contributed by atoms with Crippen LogP contribution in [0.5, 0.6) is 0 Å². The molecule has 0 radical (unpaired) electrons. The monoisotopic (exact) mass is 473 g/mol. The Morgan fingerprint density at radius 2 is 1.94 bits per heavy atom. The van der Waals surface area contributed by atoms with E-state index in [-0.39, 0.29) is 18.0 Å². The fourth-order valence-electron chi connectivity index (χ4n) is 4.87. The second kappa shape index (κ2) is 10.3. The molecule has 0 amide bonds. The molecule has 1 fully saturated rings. The average molecular weight is 474 g/mol. The van der Waals surface area contributed by atoms with Gasteiger partial charge in [-0.3, -0.25) is 14.2 Å². The Morgan fingerprint density at radius 1 is 1.14 bits per heavy atom. The third-order valence-corrected chi connectivity index (χ3v) is 6.77. The van der Waals surface area contributed by atoms with Crippen molar-refractivity contribution in [1.29, 1.82) is 0 Å². The third-order valence-electron chi connectivity index (χ3n) is 6.77. The Balaban J connectivity index is 1.38. The van der Waals surface area contributed by atoms with Gasteiger partial charge >= 0.3 is 5.97 Å². The Bertz CT molecular complexity index is 1400. The van der Waals surface area contributed by atoms with Crippen LogP contribution in [0.15, 0.2) is 57.9 Å². The van der Waals surface area contributed by atoms with Gasteiger partial charge in [0, 0.05) is 23.2 Å². The topological polar surface area (TPSA) is 86.4 Å². The molecule has 0 aliphatic heterocycles. The van der Waals surface area contributed by atoms with E-state index in [1.807, 2.05) is 43.3 Å². The van der Waals surface area contributed by atoms with Gasteiger partial charge in [-0.05, 0) is 43.0 Å². The molecule has 182 valence electrons. The number of benzene rings is 2. The van der Waals surface area contributed by atoms with Gasteiger partial charge in [-0.25, -0.2) is 4.98 Å². The number of aromatic nitrogens is 2. The van der Waals surface area contributed by atoms with E-state index in [2.05, 4.69) is 16.4 Å². The minimum Gasteiger partial charge on any atom is -0.464 e. The first-order chi connectivity index (χ1) is 17.1. The molecular weight excluding hydrogens is 442 g/mol. The van der Waals surface area contributed by atoms with E-state index in [4.69, 9.17) is 9.15 Å². The van der Waals surface area contributed by atoms with E-state index < -0.39 is 5.97 Å². The second-order valence-corrected chi connectivity index (χ2v) is 9.26. The highest BCUT2D eigenvalue weighted by molar-refractivity contribution is 6.04. The number of carbonyl (C=O) groups is 1. The van der Waals surface area contributed by atoms with E-state index in [9.17, 15) is 9.59 Å². The van der Waals surface area contributed by atoms with Crippen molar-refractivity contribution in [2.45, 2.75) is 64.5 Å². The van der Waals surface area contributed by atoms with Gasteiger partial charge < -0.3 is 14.5 Å². The normalized spacial score (nSPS) is 14.1. The molecule has 7 heteroatoms. The van der Waals surface area contributed by atoms with Gasteiger partial charge in [0.2, 0.25) is 0 Å². The minimum atomic E-state index is -0.393. The molecule has 2 heterocycles. The molecule has 0 unspecified atom stereocenters. The maximum atomic E-state index is 13.4. The van der Waals surface area contributed by atoms with Crippen LogP contribution in [0.25, 0.3) is 21.9 Å². The van der Waals surface area contributed by atoms with E-state index >= 15 is 0 Å². The molecule has 4 aromatic rings. The van der Waals surface area contributed by atoms with Crippen LogP contribution in [-0.2, 0) is 22.6 Å². The molecular formula is C28H31N3O4. The SMILES string of the molecule is CCCCOC(=O)Cn1c(C2CCCC2)ncc(NCc2ccc3oc4ccccc4c3c2)c1=O. The summed E-state index contributed by atoms with van der Waals surface area (Å²) in [7, 11) is 0. The predicted octanol–water partition coefficient (Wildman–Crippen LogP) is 5.76. The highest BCUT2D eigenvalue weighted by atomic mass is 16.5. The van der Waals surface area contributed by atoms with Crippen LogP contribution in [0.1, 0.15) is 62.8 Å². The lowest BCUT2D eigenvalue weighted by Crippen LogP contribution is -2.32. The number of nitrogens with zero attached hydrogens (tertiary/aromatic N) is 2. The number of fused-ring (bicyclic) bond motifs is 3. The molecule has 2 aromatic heterocycles. The number of hydrogen-bond donors (Lipinski definition) is 1. The molecule has 2 aromatic carbocycles. The van der Waals surface area contributed by atoms with Crippen molar-refractivity contribution in [3.05, 3.63) is 70.4 Å². The first kappa shape index (κ1) is 23.1. The molecule has 0 spiro atoms. The van der Waals surface area contributed by atoms with Gasteiger partial charge in [0.05, 0.1) is 12.8 Å². The number of para-hydroxylation sites is 1. The summed E-state index contributed by atoms with van der Waals surface area (Å²) in [4.78, 5) is 30.5. The van der Waals surface area contributed by atoms with Crippen LogP contribution in [0.2, 0.25) is 0 Å². The number of nitrogens with one attached hydrogen (secondary N) is 1. The minimum absolute atomic E-state index is 0.107. The first-order valence-corrected chi connectivity index (χ1v) is 12.5. The van der Waals surface area contributed by atoms with Gasteiger partial charge in [0.25, 0.3) is 5.56 Å². The molecule has 7 nitrogen and oxygen atoms in total. The molecule has 1 saturated carbocycles. The summed E-state index contributed by atoms with van der Waals surface area (Å²) in [5, 5.41) is 5.35. The Labute approximate surface area is 204 Å². The van der Waals surface area contributed by atoms with Crippen molar-refractivity contribution < 1.29 is 13.9 Å². The molecule has 0 saturated heterocycles. The Morgan fingerprint density at radius 3 is 2.77 bits per heavy atom. The smallest absolute Gasteiger partial charge is 0.326 e. The van der Waals surface area contributed by atoms with Gasteiger partial charge in [-0.2, -0.15) is 0 Å². The third kappa shape index (κ3) is 4.94. The molecule has 5 rings (SSSR count). The molecule has 0 atom stereocenters. The number of anilines is 1. The molecule has 1 aliphatic rings. The quantitative estimate of drug-likeness (QED) is 0.246. The number of furan rings is 1. The van der Waals surface area contributed by atoms with Crippen molar-refractivity contribution >= 4 is 33.6 Å². The highest BCUT2D eigenvalue weighted by Gasteiger charge is 2.24. The number of ether oxygens (including phenoxy) is 1. The van der Waals surface area contributed by atoms with Gasteiger partial charge in [0.1, 0.15) is 29.2 Å². The lowest BCUT2D eigenvalue weighted by atomic mass is 10.1. The fraction of sp³-hybridized carbons (Fsp3) is 0.393. The van der Waals surface area contributed by atoms with Crippen molar-refractivity contribution in [2.24, 2.45) is 0 Å². The summed E-state index contributed by atoms with van der Waals surface area (Å²) in [5.41, 5.74) is 2.86. The predicted molar refractivity (Wildman–Crippen MR) is 137 cm³/mol. The average Bonchev–Trinajstić information content (AvgIpc) is 3.53. The maximum absolute atomic E-state index is 13.4. The van der Waals surface area contributed by atoms with Crippen LogP contribution in [0, 0.1) is 0 Å². The number of unbranched alkanes of at least 4 members (excludes halogenated alkanes) is 1. The lowest BCUT2D eigenvalue weighted by Gasteiger charge is -2.18. The summed E-state index contributed by atoms with van der Waals surface area (Å²) in [6, 6.07) is 14.0. The van der Waals surface area contributed by atoms with Crippen LogP contribution >= 0.6 is 0 Å². The van der Waals surface area contributed by atoms with Crippen LogP contribution in [0.4, 0.5) is 5.69 Å². The zero-order valence-electron chi connectivity index (χ0n) is 20.1. The maximum Gasteiger partial charge on any atom is 0.326 e. The van der Waals surface area contributed by atoms with E-state index in [0.29, 0.717) is 24.7 Å². The van der Waals surface area contributed by atoms with Gasteiger partial charge in [0.15, 0.2) is 0 Å². The fourth-order valence-corrected chi connectivity index (χ4v) is 4.87. The Hall–Kier alpha value is -3.61. The van der Waals surface area contributed by atoms with Crippen molar-refractivity contribution in [3.8, 4) is 0 Å². The van der Waals surface area contributed by atoms with Crippen molar-refractivity contribution in [3.63, 3.8) is 0 Å². The first-order valence-electron chi connectivity index (χ1n) is 12.5. The standard InChI is InChI=1S/C28H31N3O4/c1-2-3-14-34-26(32)18-31-27(20-8-4-5-9-20)30-17-23(28(31)33)29-16-19-12-13-25-22(15-19)21-10-6-7-11-24(21)35-25/h6-7,10-13,15,17,20,29H,2-5,8-9,14,16,18H2,1H3. The summed E-state index contributed by atoms with van der Waals surface area (Å²) in [5.74, 6) is 0.504.